The van der Waals surface area contributed by atoms with Crippen LogP contribution in [-0.4, -0.2) is 28.4 Å². The van der Waals surface area contributed by atoms with E-state index in [0.29, 0.717) is 11.5 Å². The number of methoxy groups -OCH3 is 4. The Bertz CT molecular complexity index is 1380. The first-order chi connectivity index (χ1) is 28.9. The lowest BCUT2D eigenvalue weighted by molar-refractivity contribution is 0.283. The standard InChI is InChI=1S/C53H87O5P/c1-9-12-15-18-21-24-27-30-35-44(52(59-54)43-46-50(57-7)38-34-39-51(46)58-8)47(42-45-48(55-5)36-33-37-49(45)56-6)53(4,40-31-28-25-22-19-16-13-10-2)41-32-29-26-23-20-17-14-11-3/h33-34,36-39,42-44H,9-32,35,40-41H2,1-8H3. The molecule has 0 aliphatic carbocycles. The van der Waals surface area contributed by atoms with Crippen molar-refractivity contribution in [3.05, 3.63) is 58.4 Å². The van der Waals surface area contributed by atoms with Crippen LogP contribution in [0.1, 0.15) is 212 Å². The van der Waals surface area contributed by atoms with Gasteiger partial charge < -0.3 is 18.9 Å². The largest absolute Gasteiger partial charge is 0.496 e. The molecule has 1 atom stereocenters. The van der Waals surface area contributed by atoms with Crippen molar-refractivity contribution < 1.29 is 23.5 Å². The highest BCUT2D eigenvalue weighted by Gasteiger charge is 2.36. The van der Waals surface area contributed by atoms with Crippen LogP contribution in [-0.2, 0) is 4.57 Å². The maximum Gasteiger partial charge on any atom is 0.188 e. The molecule has 0 radical (unpaired) electrons. The Morgan fingerprint density at radius 1 is 0.508 bits per heavy atom. The van der Waals surface area contributed by atoms with Crippen molar-refractivity contribution in [2.24, 2.45) is 11.3 Å². The van der Waals surface area contributed by atoms with Crippen LogP contribution in [0.4, 0.5) is 0 Å². The smallest absolute Gasteiger partial charge is 0.188 e. The van der Waals surface area contributed by atoms with E-state index in [9.17, 15) is 4.57 Å². The average molecular weight is 835 g/mol. The van der Waals surface area contributed by atoms with Crippen molar-refractivity contribution >= 4 is 20.6 Å². The minimum absolute atomic E-state index is 0.0165. The molecule has 0 fully saturated rings. The summed E-state index contributed by atoms with van der Waals surface area (Å²) in [6, 6.07) is 12.0. The third-order valence-corrected chi connectivity index (χ3v) is 13.2. The van der Waals surface area contributed by atoms with Crippen LogP contribution < -0.4 is 18.9 Å². The van der Waals surface area contributed by atoms with Gasteiger partial charge in [0.25, 0.3) is 0 Å². The highest BCUT2D eigenvalue weighted by Crippen LogP contribution is 2.50. The molecule has 5 nitrogen and oxygen atoms in total. The Labute approximate surface area is 365 Å². The monoisotopic (exact) mass is 835 g/mol. The average Bonchev–Trinajstić information content (AvgIpc) is 3.26. The molecule has 0 aliphatic heterocycles. The summed E-state index contributed by atoms with van der Waals surface area (Å²) in [5.74, 6) is 2.96. The van der Waals surface area contributed by atoms with Gasteiger partial charge in [0.1, 0.15) is 23.0 Å². The fourth-order valence-corrected chi connectivity index (χ4v) is 9.47. The van der Waals surface area contributed by atoms with E-state index in [0.717, 1.165) is 53.6 Å². The van der Waals surface area contributed by atoms with Crippen molar-refractivity contribution in [2.45, 2.75) is 201 Å². The van der Waals surface area contributed by atoms with Crippen LogP contribution in [0.15, 0.2) is 47.3 Å². The maximum atomic E-state index is 13.8. The molecule has 0 amide bonds. The zero-order valence-corrected chi connectivity index (χ0v) is 40.2. The molecule has 0 heterocycles. The number of ether oxygens (including phenoxy) is 4. The van der Waals surface area contributed by atoms with Crippen LogP contribution >= 0.6 is 8.46 Å². The topological polar surface area (TPSA) is 54.0 Å². The van der Waals surface area contributed by atoms with Gasteiger partial charge in [0.2, 0.25) is 0 Å². The normalized spacial score (nSPS) is 12.9. The molecule has 6 heteroatoms. The molecule has 0 spiro atoms. The Hall–Kier alpha value is -2.78. The van der Waals surface area contributed by atoms with E-state index in [4.69, 9.17) is 18.9 Å². The van der Waals surface area contributed by atoms with Crippen LogP contribution in [0.25, 0.3) is 12.2 Å². The predicted octanol–water partition coefficient (Wildman–Crippen LogP) is 17.7. The van der Waals surface area contributed by atoms with Crippen LogP contribution in [0.2, 0.25) is 0 Å². The van der Waals surface area contributed by atoms with Crippen molar-refractivity contribution in [1.82, 2.24) is 0 Å². The van der Waals surface area contributed by atoms with Gasteiger partial charge in [-0.25, -0.2) is 0 Å². The first kappa shape index (κ1) is 52.4. The van der Waals surface area contributed by atoms with E-state index < -0.39 is 0 Å². The minimum atomic E-state index is -0.129. The second kappa shape index (κ2) is 32.9. The summed E-state index contributed by atoms with van der Waals surface area (Å²) in [6.45, 7) is 9.39. The highest BCUT2D eigenvalue weighted by atomic mass is 31.1. The third kappa shape index (κ3) is 19.6. The van der Waals surface area contributed by atoms with Crippen LogP contribution in [0, 0.1) is 11.3 Å². The van der Waals surface area contributed by atoms with Crippen LogP contribution in [0.3, 0.4) is 0 Å². The van der Waals surface area contributed by atoms with Gasteiger partial charge in [0.05, 0.1) is 39.6 Å². The Morgan fingerprint density at radius 3 is 1.17 bits per heavy atom. The Morgan fingerprint density at radius 2 is 0.831 bits per heavy atom. The van der Waals surface area contributed by atoms with Gasteiger partial charge in [-0.05, 0) is 61.1 Å². The molecule has 59 heavy (non-hydrogen) atoms. The molecule has 2 aromatic rings. The van der Waals surface area contributed by atoms with E-state index in [2.05, 4.69) is 39.8 Å². The van der Waals surface area contributed by atoms with E-state index in [1.54, 1.807) is 28.4 Å². The Kier molecular flexibility index (Phi) is 29.2. The van der Waals surface area contributed by atoms with Gasteiger partial charge >= 0.3 is 0 Å². The second-order valence-electron chi connectivity index (χ2n) is 17.2. The highest BCUT2D eigenvalue weighted by molar-refractivity contribution is 7.29. The van der Waals surface area contributed by atoms with E-state index in [-0.39, 0.29) is 19.8 Å². The first-order valence-corrected chi connectivity index (χ1v) is 24.9. The second-order valence-corrected chi connectivity index (χ2v) is 17.9. The van der Waals surface area contributed by atoms with Gasteiger partial charge in [-0.15, -0.1) is 0 Å². The lowest BCUT2D eigenvalue weighted by atomic mass is 9.67. The fourth-order valence-electron chi connectivity index (χ4n) is 8.89. The lowest BCUT2D eigenvalue weighted by Crippen LogP contribution is -2.26. The number of rotatable bonds is 37. The summed E-state index contributed by atoms with van der Waals surface area (Å²) in [5.41, 5.74) is 3.01. The molecular weight excluding hydrogens is 748 g/mol. The van der Waals surface area contributed by atoms with Gasteiger partial charge in [-0.3, -0.25) is 4.57 Å². The first-order valence-electron chi connectivity index (χ1n) is 24.1. The van der Waals surface area contributed by atoms with E-state index >= 15 is 0 Å². The molecule has 0 saturated carbocycles. The number of hydrogen-bond acceptors (Lipinski definition) is 5. The summed E-state index contributed by atoms with van der Waals surface area (Å²) >= 11 is 0. The van der Waals surface area contributed by atoms with Gasteiger partial charge in [-0.2, -0.15) is 0 Å². The zero-order valence-electron chi connectivity index (χ0n) is 39.3. The zero-order chi connectivity index (χ0) is 43.0. The molecule has 0 aliphatic rings. The summed E-state index contributed by atoms with van der Waals surface area (Å²) in [7, 11) is 6.91. The summed E-state index contributed by atoms with van der Waals surface area (Å²) < 4.78 is 37.7. The van der Waals surface area contributed by atoms with Crippen molar-refractivity contribution in [3.8, 4) is 23.0 Å². The molecule has 0 saturated heterocycles. The molecule has 2 rings (SSSR count). The third-order valence-electron chi connectivity index (χ3n) is 12.6. The molecule has 334 valence electrons. The van der Waals surface area contributed by atoms with Crippen LogP contribution in [0.5, 0.6) is 23.0 Å². The lowest BCUT2D eigenvalue weighted by Gasteiger charge is -2.38. The number of benzene rings is 2. The van der Waals surface area contributed by atoms with Gasteiger partial charge in [0.15, 0.2) is 8.46 Å². The number of unbranched alkanes of at least 4 members (excludes halogenated alkanes) is 21. The maximum absolute atomic E-state index is 13.8. The molecular formula is C53H87O5P. The molecule has 0 N–H and O–H groups in total. The Balaban J connectivity index is 2.77. The van der Waals surface area contributed by atoms with Gasteiger partial charge in [0, 0.05) is 11.2 Å². The van der Waals surface area contributed by atoms with E-state index in [1.165, 1.54) is 153 Å². The van der Waals surface area contributed by atoms with Crippen molar-refractivity contribution in [1.29, 1.82) is 0 Å². The predicted molar refractivity (Wildman–Crippen MR) is 256 cm³/mol. The van der Waals surface area contributed by atoms with E-state index in [1.807, 2.05) is 36.4 Å². The summed E-state index contributed by atoms with van der Waals surface area (Å²) in [5, 5.41) is 0.869. The fraction of sp³-hybridized carbons (Fsp3) is 0.698. The van der Waals surface area contributed by atoms with Crippen molar-refractivity contribution in [3.63, 3.8) is 0 Å². The SMILES string of the molecule is CCCCCCCCCCC(C(=Cc1c(OC)cccc1OC)P=O)C(=Cc1c(OC)cccc1OC)C(C)(CCCCCCCCCC)CCCCCCCCCC. The van der Waals surface area contributed by atoms with Gasteiger partial charge in [-0.1, -0.05) is 200 Å². The molecule has 0 aromatic heterocycles. The molecule has 2 aromatic carbocycles. The quantitative estimate of drug-likeness (QED) is 0.0501. The molecule has 1 unspecified atom stereocenters. The summed E-state index contributed by atoms with van der Waals surface area (Å²) in [4.78, 5) is 0. The van der Waals surface area contributed by atoms with Crippen molar-refractivity contribution in [2.75, 3.05) is 28.4 Å². The molecule has 0 bridgehead atoms. The number of allylic oxidation sites excluding steroid dienone is 2. The summed E-state index contributed by atoms with van der Waals surface area (Å²) in [6.07, 6.45) is 38.3. The minimum Gasteiger partial charge on any atom is -0.496 e. The number of hydrogen-bond donors (Lipinski definition) is 0.